The van der Waals surface area contributed by atoms with Crippen LogP contribution in [0.1, 0.15) is 32.6 Å². The Morgan fingerprint density at radius 2 is 1.62 bits per heavy atom. The Morgan fingerprint density at radius 3 is 2.30 bits per heavy atom. The number of carbonyl (C=O) groups is 3. The van der Waals surface area contributed by atoms with Crippen LogP contribution in [0, 0.1) is 10.1 Å². The average Bonchev–Trinajstić information content (AvgIpc) is 3.36. The van der Waals surface area contributed by atoms with Gasteiger partial charge in [-0.15, -0.1) is 0 Å². The Labute approximate surface area is 280 Å². The van der Waals surface area contributed by atoms with Gasteiger partial charge in [0.2, 0.25) is 0 Å². The zero-order valence-electron chi connectivity index (χ0n) is 24.3. The zero-order chi connectivity index (χ0) is 33.1. The minimum Gasteiger partial charge on any atom is -0.489 e. The summed E-state index contributed by atoms with van der Waals surface area (Å²) >= 11 is 1.83. The lowest BCUT2D eigenvalue weighted by atomic mass is 9.77. The molecule has 47 heavy (non-hydrogen) atoms. The summed E-state index contributed by atoms with van der Waals surface area (Å²) < 4.78 is 24.3. The van der Waals surface area contributed by atoms with Gasteiger partial charge < -0.3 is 24.1 Å². The van der Waals surface area contributed by atoms with Crippen LogP contribution in [0.2, 0.25) is 0 Å². The number of hydrogen-bond donors (Lipinski definition) is 1. The number of nitro benzene ring substituents is 1. The summed E-state index contributed by atoms with van der Waals surface area (Å²) in [6, 6.07) is 23.5. The minimum atomic E-state index is -1.34. The third-order valence-corrected chi connectivity index (χ3v) is 8.12. The van der Waals surface area contributed by atoms with Crippen LogP contribution in [0.5, 0.6) is 23.0 Å². The summed E-state index contributed by atoms with van der Waals surface area (Å²) in [4.78, 5) is 47.2. The number of ether oxygens (including phenoxy) is 4. The van der Waals surface area contributed by atoms with Crippen LogP contribution in [0.4, 0.5) is 5.69 Å². The van der Waals surface area contributed by atoms with Gasteiger partial charge in [-0.1, -0.05) is 52.9 Å². The number of halogens is 1. The van der Waals surface area contributed by atoms with E-state index in [-0.39, 0.29) is 23.3 Å². The predicted molar refractivity (Wildman–Crippen MR) is 174 cm³/mol. The highest BCUT2D eigenvalue weighted by Crippen LogP contribution is 2.57. The first-order chi connectivity index (χ1) is 22.7. The van der Waals surface area contributed by atoms with Crippen molar-refractivity contribution in [2.75, 3.05) is 17.6 Å². The molecule has 14 heteroatoms. The highest BCUT2D eigenvalue weighted by atomic mass is 127. The Hall–Kier alpha value is -5.51. The van der Waals surface area contributed by atoms with E-state index < -0.39 is 34.9 Å². The fraction of sp³-hybridized carbons (Fsp3) is 0.152. The highest BCUT2D eigenvalue weighted by Gasteiger charge is 2.53. The van der Waals surface area contributed by atoms with E-state index in [0.717, 1.165) is 5.01 Å². The molecule has 6 rings (SSSR count). The number of hydrogen-bond acceptors (Lipinski definition) is 10. The molecule has 4 aromatic rings. The monoisotopic (exact) mass is 749 g/mol. The standard InChI is InChI=1S/C33H24IN3O10/c34-17-30(38)36(18-31(39)40)35-13-14-44-21-9-11-25-28(15-21)46-29-16-22(45-19-20-5-1-4-8-27(20)37(42)43)10-12-26(29)33(25)24-7-3-2-6-23(24)32(41)47-33/h1-13,15-16H,14,17-19H2,(H,39,40)/b35-13+. The second kappa shape index (κ2) is 13.1. The van der Waals surface area contributed by atoms with Crippen LogP contribution in [0.15, 0.2) is 90.0 Å². The quantitative estimate of drug-likeness (QED) is 0.0520. The van der Waals surface area contributed by atoms with Crippen LogP contribution >= 0.6 is 22.6 Å². The lowest BCUT2D eigenvalue weighted by Gasteiger charge is -2.36. The molecule has 2 heterocycles. The normalized spacial score (nSPS) is 15.6. The topological polar surface area (TPSA) is 167 Å². The third kappa shape index (κ3) is 6.06. The Morgan fingerprint density at radius 1 is 0.957 bits per heavy atom. The fourth-order valence-corrected chi connectivity index (χ4v) is 5.84. The van der Waals surface area contributed by atoms with Crippen molar-refractivity contribution in [3.63, 3.8) is 0 Å². The van der Waals surface area contributed by atoms with Gasteiger partial charge >= 0.3 is 11.9 Å². The molecule has 0 saturated carbocycles. The molecule has 1 N–H and O–H groups in total. The van der Waals surface area contributed by atoms with Gasteiger partial charge in [-0.25, -0.2) is 9.80 Å². The molecule has 0 aliphatic carbocycles. The number of fused-ring (bicyclic) bond motifs is 6. The second-order valence-electron chi connectivity index (χ2n) is 10.3. The lowest BCUT2D eigenvalue weighted by Crippen LogP contribution is -2.33. The summed E-state index contributed by atoms with van der Waals surface area (Å²) in [5, 5.41) is 25.3. The van der Waals surface area contributed by atoms with Gasteiger partial charge in [0.15, 0.2) is 5.60 Å². The smallest absolute Gasteiger partial charge is 0.340 e. The van der Waals surface area contributed by atoms with Gasteiger partial charge in [-0.3, -0.25) is 19.7 Å². The summed E-state index contributed by atoms with van der Waals surface area (Å²) in [5.41, 5.74) is 1.14. The van der Waals surface area contributed by atoms with Crippen molar-refractivity contribution in [2.24, 2.45) is 5.10 Å². The number of alkyl halides is 1. The van der Waals surface area contributed by atoms with Gasteiger partial charge in [-0.2, -0.15) is 5.10 Å². The molecule has 1 atom stereocenters. The van der Waals surface area contributed by atoms with E-state index in [1.54, 1.807) is 66.7 Å². The third-order valence-electron chi connectivity index (χ3n) is 7.47. The van der Waals surface area contributed by atoms with E-state index in [4.69, 9.17) is 24.1 Å². The number of nitro groups is 1. The average molecular weight is 749 g/mol. The van der Waals surface area contributed by atoms with Crippen LogP contribution < -0.4 is 14.2 Å². The van der Waals surface area contributed by atoms with Crippen LogP contribution in [0.25, 0.3) is 0 Å². The van der Waals surface area contributed by atoms with Crippen molar-refractivity contribution >= 4 is 52.3 Å². The number of para-hydroxylation sites is 1. The first kappa shape index (κ1) is 31.5. The maximum Gasteiger partial charge on any atom is 0.340 e. The fourth-order valence-electron chi connectivity index (χ4n) is 5.44. The van der Waals surface area contributed by atoms with E-state index in [1.807, 2.05) is 34.7 Å². The van der Waals surface area contributed by atoms with Crippen molar-refractivity contribution < 1.29 is 43.4 Å². The molecule has 1 spiro atoms. The summed E-state index contributed by atoms with van der Waals surface area (Å²) in [5.74, 6) is -0.769. The summed E-state index contributed by atoms with van der Waals surface area (Å²) in [6.45, 7) is -0.740. The Kier molecular flexibility index (Phi) is 8.76. The van der Waals surface area contributed by atoms with Crippen molar-refractivity contribution in [1.82, 2.24) is 5.01 Å². The number of rotatable bonds is 11. The highest BCUT2D eigenvalue weighted by molar-refractivity contribution is 14.1. The second-order valence-corrected chi connectivity index (χ2v) is 11.1. The molecule has 0 radical (unpaired) electrons. The van der Waals surface area contributed by atoms with Crippen molar-refractivity contribution in [3.05, 3.63) is 123 Å². The van der Waals surface area contributed by atoms with Crippen LogP contribution in [0.3, 0.4) is 0 Å². The number of aliphatic carboxylic acids is 1. The molecular formula is C33H24IN3O10. The molecule has 2 aliphatic rings. The molecule has 0 fully saturated rings. The number of nitrogens with zero attached hydrogens (tertiary/aromatic N) is 3. The van der Waals surface area contributed by atoms with E-state index in [0.29, 0.717) is 50.8 Å². The first-order valence-electron chi connectivity index (χ1n) is 14.1. The molecule has 0 saturated heterocycles. The lowest BCUT2D eigenvalue weighted by molar-refractivity contribution is -0.385. The van der Waals surface area contributed by atoms with Gasteiger partial charge in [-0.05, 0) is 36.4 Å². The number of amides is 1. The molecule has 0 bridgehead atoms. The van der Waals surface area contributed by atoms with E-state index in [1.165, 1.54) is 12.3 Å². The van der Waals surface area contributed by atoms with Crippen LogP contribution in [-0.4, -0.2) is 56.7 Å². The molecule has 1 unspecified atom stereocenters. The number of carbonyl (C=O) groups excluding carboxylic acids is 2. The maximum absolute atomic E-state index is 13.2. The van der Waals surface area contributed by atoms with Crippen molar-refractivity contribution in [2.45, 2.75) is 12.2 Å². The largest absolute Gasteiger partial charge is 0.489 e. The van der Waals surface area contributed by atoms with E-state index >= 15 is 0 Å². The van der Waals surface area contributed by atoms with E-state index in [2.05, 4.69) is 5.10 Å². The Bertz CT molecular complexity index is 1950. The number of hydrazone groups is 1. The van der Waals surface area contributed by atoms with Crippen molar-refractivity contribution in [1.29, 1.82) is 0 Å². The maximum atomic E-state index is 13.2. The van der Waals surface area contributed by atoms with Crippen molar-refractivity contribution in [3.8, 4) is 23.0 Å². The van der Waals surface area contributed by atoms with Gasteiger partial charge in [0, 0.05) is 34.9 Å². The SMILES string of the molecule is O=C(O)CN(/N=C/COc1ccc2c(c1)Oc1cc(OCc3ccccc3[N+](=O)[O-])ccc1C21OC(=O)c2ccccc21)C(=O)CI. The number of esters is 1. The zero-order valence-corrected chi connectivity index (χ0v) is 26.5. The van der Waals surface area contributed by atoms with Crippen LogP contribution in [-0.2, 0) is 26.5 Å². The minimum absolute atomic E-state index is 0.0568. The first-order valence-corrected chi connectivity index (χ1v) is 15.6. The number of carboxylic acids is 1. The Balaban J connectivity index is 1.32. The molecule has 0 aromatic heterocycles. The van der Waals surface area contributed by atoms with Gasteiger partial charge in [0.25, 0.3) is 11.6 Å². The van der Waals surface area contributed by atoms with Gasteiger partial charge in [0.05, 0.1) is 26.7 Å². The summed E-state index contributed by atoms with van der Waals surface area (Å²) in [7, 11) is 0. The summed E-state index contributed by atoms with van der Waals surface area (Å²) in [6.07, 6.45) is 1.28. The van der Waals surface area contributed by atoms with Gasteiger partial charge in [0.1, 0.15) is 42.8 Å². The van der Waals surface area contributed by atoms with E-state index in [9.17, 15) is 24.5 Å². The molecule has 2 aliphatic heterocycles. The molecule has 1 amide bonds. The number of carboxylic acid groups (broad SMARTS) is 1. The number of benzene rings is 4. The molecule has 4 aromatic carbocycles. The predicted octanol–water partition coefficient (Wildman–Crippen LogP) is 5.45. The molecular weight excluding hydrogens is 725 g/mol. The molecule has 13 nitrogen and oxygen atoms in total. The molecule has 238 valence electrons.